The second-order valence-electron chi connectivity index (χ2n) is 4.45. The van der Waals surface area contributed by atoms with Crippen LogP contribution in [0.2, 0.25) is 5.02 Å². The Morgan fingerprint density at radius 1 is 1.20 bits per heavy atom. The molecule has 6 heteroatoms. The molecule has 1 heterocycles. The van der Waals surface area contributed by atoms with Crippen molar-refractivity contribution in [3.8, 4) is 0 Å². The van der Waals surface area contributed by atoms with E-state index in [1.165, 1.54) is 4.90 Å². The fourth-order valence-corrected chi connectivity index (χ4v) is 1.80. The molecule has 104 valence electrons. The van der Waals surface area contributed by atoms with E-state index in [1.54, 1.807) is 26.2 Å². The van der Waals surface area contributed by atoms with Gasteiger partial charge in [-0.05, 0) is 23.8 Å². The van der Waals surface area contributed by atoms with Gasteiger partial charge >= 0.3 is 0 Å². The number of carbonyl (C=O) groups excluding carboxylic acids is 1. The van der Waals surface area contributed by atoms with Crippen molar-refractivity contribution in [1.29, 1.82) is 0 Å². The minimum atomic E-state index is -0.171. The van der Waals surface area contributed by atoms with E-state index in [4.69, 9.17) is 11.6 Å². The van der Waals surface area contributed by atoms with Gasteiger partial charge in [0, 0.05) is 25.7 Å². The van der Waals surface area contributed by atoms with Crippen LogP contribution in [-0.2, 0) is 6.54 Å². The molecule has 2 aromatic rings. The van der Waals surface area contributed by atoms with Crippen LogP contribution in [0.25, 0.3) is 0 Å². The molecule has 0 unspecified atom stereocenters. The van der Waals surface area contributed by atoms with E-state index in [0.29, 0.717) is 23.1 Å². The maximum absolute atomic E-state index is 11.7. The van der Waals surface area contributed by atoms with Crippen LogP contribution in [0.5, 0.6) is 0 Å². The van der Waals surface area contributed by atoms with Gasteiger partial charge in [-0.2, -0.15) is 0 Å². The first-order valence-corrected chi connectivity index (χ1v) is 6.48. The highest BCUT2D eigenvalue weighted by atomic mass is 35.5. The van der Waals surface area contributed by atoms with E-state index in [1.807, 2.05) is 24.3 Å². The third-order valence-electron chi connectivity index (χ3n) is 2.71. The van der Waals surface area contributed by atoms with E-state index >= 15 is 0 Å². The van der Waals surface area contributed by atoms with Crippen LogP contribution in [0.3, 0.4) is 0 Å². The predicted molar refractivity (Wildman–Crippen MR) is 78.8 cm³/mol. The summed E-state index contributed by atoms with van der Waals surface area (Å²) in [7, 11) is 3.35. The van der Waals surface area contributed by atoms with Gasteiger partial charge in [-0.1, -0.05) is 29.8 Å². The van der Waals surface area contributed by atoms with Gasteiger partial charge in [0.2, 0.25) is 0 Å². The van der Waals surface area contributed by atoms with Crippen LogP contribution in [0.4, 0.5) is 5.82 Å². The summed E-state index contributed by atoms with van der Waals surface area (Å²) in [6.07, 6.45) is 0. The second kappa shape index (κ2) is 6.34. The van der Waals surface area contributed by atoms with Crippen LogP contribution in [0.1, 0.15) is 16.1 Å². The Morgan fingerprint density at radius 2 is 1.95 bits per heavy atom. The molecule has 5 nitrogen and oxygen atoms in total. The standard InChI is InChI=1S/C14H15ClN4O/c1-19(2)14(20)12-7-8-13(18-17-12)16-9-10-5-3-4-6-11(10)15/h3-8H,9H2,1-2H3,(H,16,18). The molecular weight excluding hydrogens is 276 g/mol. The highest BCUT2D eigenvalue weighted by Crippen LogP contribution is 2.16. The molecule has 0 spiro atoms. The number of rotatable bonds is 4. The zero-order valence-electron chi connectivity index (χ0n) is 11.3. The number of carbonyl (C=O) groups is 1. The summed E-state index contributed by atoms with van der Waals surface area (Å²) in [6, 6.07) is 10.9. The smallest absolute Gasteiger partial charge is 0.273 e. The Kier molecular flexibility index (Phi) is 4.53. The summed E-state index contributed by atoms with van der Waals surface area (Å²) < 4.78 is 0. The van der Waals surface area contributed by atoms with E-state index < -0.39 is 0 Å². The fourth-order valence-electron chi connectivity index (χ4n) is 1.60. The predicted octanol–water partition coefficient (Wildman–Crippen LogP) is 2.44. The van der Waals surface area contributed by atoms with Crippen molar-refractivity contribution in [3.05, 3.63) is 52.7 Å². The largest absolute Gasteiger partial charge is 0.364 e. The van der Waals surface area contributed by atoms with Crippen molar-refractivity contribution in [2.24, 2.45) is 0 Å². The Hall–Kier alpha value is -2.14. The molecule has 2 rings (SSSR count). The normalized spacial score (nSPS) is 10.2. The van der Waals surface area contributed by atoms with Crippen molar-refractivity contribution >= 4 is 23.3 Å². The van der Waals surface area contributed by atoms with Crippen molar-refractivity contribution in [2.45, 2.75) is 6.54 Å². The van der Waals surface area contributed by atoms with Gasteiger partial charge in [-0.25, -0.2) is 0 Å². The molecule has 0 fully saturated rings. The number of aromatic nitrogens is 2. The summed E-state index contributed by atoms with van der Waals surface area (Å²) in [5, 5.41) is 11.7. The average Bonchev–Trinajstić information content (AvgIpc) is 2.46. The lowest BCUT2D eigenvalue weighted by atomic mass is 10.2. The lowest BCUT2D eigenvalue weighted by Crippen LogP contribution is -2.23. The Balaban J connectivity index is 2.01. The zero-order chi connectivity index (χ0) is 14.5. The molecule has 0 radical (unpaired) electrons. The van der Waals surface area contributed by atoms with Gasteiger partial charge in [-0.15, -0.1) is 10.2 Å². The van der Waals surface area contributed by atoms with Crippen molar-refractivity contribution < 1.29 is 4.79 Å². The Bertz CT molecular complexity index is 598. The molecule has 0 aliphatic carbocycles. The number of anilines is 1. The SMILES string of the molecule is CN(C)C(=O)c1ccc(NCc2ccccc2Cl)nn1. The first-order valence-electron chi connectivity index (χ1n) is 6.10. The number of nitrogens with zero attached hydrogens (tertiary/aromatic N) is 3. The molecule has 0 bridgehead atoms. The minimum Gasteiger partial charge on any atom is -0.364 e. The first kappa shape index (κ1) is 14.3. The van der Waals surface area contributed by atoms with Gasteiger partial charge in [0.25, 0.3) is 5.91 Å². The maximum Gasteiger partial charge on any atom is 0.273 e. The summed E-state index contributed by atoms with van der Waals surface area (Å²) in [6.45, 7) is 0.551. The van der Waals surface area contributed by atoms with Crippen LogP contribution in [-0.4, -0.2) is 35.1 Å². The third-order valence-corrected chi connectivity index (χ3v) is 3.08. The molecular formula is C14H15ClN4O. The van der Waals surface area contributed by atoms with E-state index in [-0.39, 0.29) is 5.91 Å². The van der Waals surface area contributed by atoms with E-state index in [2.05, 4.69) is 15.5 Å². The topological polar surface area (TPSA) is 58.1 Å². The number of amides is 1. The summed E-state index contributed by atoms with van der Waals surface area (Å²) in [5.41, 5.74) is 1.29. The van der Waals surface area contributed by atoms with Crippen LogP contribution < -0.4 is 5.32 Å². The van der Waals surface area contributed by atoms with Gasteiger partial charge in [0.15, 0.2) is 5.69 Å². The molecule has 1 N–H and O–H groups in total. The summed E-state index contributed by atoms with van der Waals surface area (Å²) >= 11 is 6.07. The van der Waals surface area contributed by atoms with Crippen LogP contribution >= 0.6 is 11.6 Å². The molecule has 0 saturated carbocycles. The van der Waals surface area contributed by atoms with Gasteiger partial charge in [0.05, 0.1) is 0 Å². The highest BCUT2D eigenvalue weighted by molar-refractivity contribution is 6.31. The molecule has 1 aromatic heterocycles. The molecule has 1 aromatic carbocycles. The Labute approximate surface area is 122 Å². The van der Waals surface area contributed by atoms with Crippen molar-refractivity contribution in [2.75, 3.05) is 19.4 Å². The lowest BCUT2D eigenvalue weighted by molar-refractivity contribution is 0.0821. The number of halogens is 1. The van der Waals surface area contributed by atoms with E-state index in [0.717, 1.165) is 5.56 Å². The second-order valence-corrected chi connectivity index (χ2v) is 4.86. The Morgan fingerprint density at radius 3 is 2.55 bits per heavy atom. The molecule has 0 atom stereocenters. The first-order chi connectivity index (χ1) is 9.58. The van der Waals surface area contributed by atoms with E-state index in [9.17, 15) is 4.79 Å². The summed E-state index contributed by atoms with van der Waals surface area (Å²) in [4.78, 5) is 13.1. The number of hydrogen-bond acceptors (Lipinski definition) is 4. The lowest BCUT2D eigenvalue weighted by Gasteiger charge is -2.10. The highest BCUT2D eigenvalue weighted by Gasteiger charge is 2.10. The summed E-state index contributed by atoms with van der Waals surface area (Å²) in [5.74, 6) is 0.426. The fraction of sp³-hybridized carbons (Fsp3) is 0.214. The molecule has 0 aliphatic rings. The zero-order valence-corrected chi connectivity index (χ0v) is 12.1. The number of hydrogen-bond donors (Lipinski definition) is 1. The maximum atomic E-state index is 11.7. The molecule has 0 saturated heterocycles. The van der Waals surface area contributed by atoms with Crippen molar-refractivity contribution in [3.63, 3.8) is 0 Å². The quantitative estimate of drug-likeness (QED) is 0.940. The molecule has 20 heavy (non-hydrogen) atoms. The number of benzene rings is 1. The third kappa shape index (κ3) is 3.45. The average molecular weight is 291 g/mol. The minimum absolute atomic E-state index is 0.171. The van der Waals surface area contributed by atoms with Gasteiger partial charge in [-0.3, -0.25) is 4.79 Å². The molecule has 0 aliphatic heterocycles. The van der Waals surface area contributed by atoms with Crippen molar-refractivity contribution in [1.82, 2.24) is 15.1 Å². The van der Waals surface area contributed by atoms with Crippen LogP contribution in [0.15, 0.2) is 36.4 Å². The van der Waals surface area contributed by atoms with Gasteiger partial charge < -0.3 is 10.2 Å². The van der Waals surface area contributed by atoms with Crippen LogP contribution in [0, 0.1) is 0 Å². The van der Waals surface area contributed by atoms with Gasteiger partial charge in [0.1, 0.15) is 5.82 Å². The molecule has 1 amide bonds. The number of nitrogens with one attached hydrogen (secondary N) is 1. The monoisotopic (exact) mass is 290 g/mol.